The van der Waals surface area contributed by atoms with Gasteiger partial charge in [0.15, 0.2) is 0 Å². The minimum absolute atomic E-state index is 1.30. The van der Waals surface area contributed by atoms with Crippen LogP contribution in [0.5, 0.6) is 0 Å². The van der Waals surface area contributed by atoms with Gasteiger partial charge in [0.05, 0.1) is 0 Å². The van der Waals surface area contributed by atoms with Crippen molar-refractivity contribution >= 4 is 43.1 Å². The van der Waals surface area contributed by atoms with Crippen LogP contribution in [-0.4, -0.2) is 0 Å². The summed E-state index contributed by atoms with van der Waals surface area (Å²) in [6, 6.07) is 35.8. The Balaban J connectivity index is 1.73. The molecule has 6 aromatic rings. The Hall–Kier alpha value is -3.64. The summed E-state index contributed by atoms with van der Waals surface area (Å²) in [7, 11) is 0. The first-order valence-corrected chi connectivity index (χ1v) is 9.80. The Morgan fingerprint density at radius 2 is 1.00 bits per heavy atom. The topological polar surface area (TPSA) is 0 Å². The maximum absolute atomic E-state index is 2.33. The molecule has 1 aliphatic rings. The van der Waals surface area contributed by atoms with Gasteiger partial charge in [0.2, 0.25) is 0 Å². The zero-order valence-electron chi connectivity index (χ0n) is 15.2. The highest BCUT2D eigenvalue weighted by Crippen LogP contribution is 2.50. The molecule has 28 heavy (non-hydrogen) atoms. The lowest BCUT2D eigenvalue weighted by Crippen LogP contribution is -1.85. The maximum Gasteiger partial charge on any atom is -0.00199 e. The van der Waals surface area contributed by atoms with E-state index in [0.29, 0.717) is 0 Å². The van der Waals surface area contributed by atoms with Gasteiger partial charge < -0.3 is 0 Å². The lowest BCUT2D eigenvalue weighted by Gasteiger charge is -2.12. The molecule has 1 aliphatic carbocycles. The third kappa shape index (κ3) is 1.66. The van der Waals surface area contributed by atoms with Crippen LogP contribution in [0.15, 0.2) is 97.1 Å². The smallest absolute Gasteiger partial charge is 0.00199 e. The number of benzene rings is 6. The Bertz CT molecular complexity index is 1600. The van der Waals surface area contributed by atoms with E-state index in [4.69, 9.17) is 0 Å². The molecule has 0 spiro atoms. The molecule has 0 bridgehead atoms. The third-order valence-corrected chi connectivity index (χ3v) is 6.37. The summed E-state index contributed by atoms with van der Waals surface area (Å²) < 4.78 is 0. The molecule has 0 radical (unpaired) electrons. The normalized spacial score (nSPS) is 12.3. The van der Waals surface area contributed by atoms with Gasteiger partial charge in [0.25, 0.3) is 0 Å². The van der Waals surface area contributed by atoms with Crippen molar-refractivity contribution in [3.8, 4) is 22.3 Å². The van der Waals surface area contributed by atoms with Gasteiger partial charge in [-0.3, -0.25) is 0 Å². The van der Waals surface area contributed by atoms with Crippen molar-refractivity contribution in [2.45, 2.75) is 0 Å². The molecule has 0 N–H and O–H groups in total. The van der Waals surface area contributed by atoms with Gasteiger partial charge in [-0.15, -0.1) is 0 Å². The minimum Gasteiger partial charge on any atom is -0.0616 e. The van der Waals surface area contributed by atoms with E-state index >= 15 is 0 Å². The van der Waals surface area contributed by atoms with Crippen LogP contribution in [0.4, 0.5) is 0 Å². The second-order valence-electron chi connectivity index (χ2n) is 7.74. The quantitative estimate of drug-likeness (QED) is 0.243. The second kappa shape index (κ2) is 4.99. The molecule has 0 fully saturated rings. The van der Waals surface area contributed by atoms with E-state index in [1.807, 2.05) is 0 Å². The Labute approximate surface area is 162 Å². The summed E-state index contributed by atoms with van der Waals surface area (Å²) in [6.45, 7) is 0. The van der Waals surface area contributed by atoms with Gasteiger partial charge in [0, 0.05) is 0 Å². The van der Waals surface area contributed by atoms with E-state index in [2.05, 4.69) is 97.1 Å². The Morgan fingerprint density at radius 1 is 0.321 bits per heavy atom. The summed E-state index contributed by atoms with van der Waals surface area (Å²) in [4.78, 5) is 0. The molecule has 0 nitrogen and oxygen atoms in total. The fourth-order valence-corrected chi connectivity index (χ4v) is 5.20. The number of hydrogen-bond acceptors (Lipinski definition) is 0. The highest BCUT2D eigenvalue weighted by atomic mass is 14.3. The van der Waals surface area contributed by atoms with Crippen LogP contribution in [0.25, 0.3) is 65.3 Å². The first-order chi connectivity index (χ1) is 13.9. The molecule has 0 saturated carbocycles. The molecule has 0 aliphatic heterocycles. The molecule has 7 rings (SSSR count). The van der Waals surface area contributed by atoms with Crippen LogP contribution in [0.2, 0.25) is 0 Å². The van der Waals surface area contributed by atoms with E-state index in [0.717, 1.165) is 0 Å². The second-order valence-corrected chi connectivity index (χ2v) is 7.74. The molecule has 0 atom stereocenters. The fraction of sp³-hybridized carbons (Fsp3) is 0. The summed E-state index contributed by atoms with van der Waals surface area (Å²) in [6.07, 6.45) is 0. The number of rotatable bonds is 0. The van der Waals surface area contributed by atoms with Crippen LogP contribution < -0.4 is 0 Å². The van der Waals surface area contributed by atoms with Crippen molar-refractivity contribution in [1.82, 2.24) is 0 Å². The van der Waals surface area contributed by atoms with E-state index in [-0.39, 0.29) is 0 Å². The zero-order valence-corrected chi connectivity index (χ0v) is 15.2. The van der Waals surface area contributed by atoms with Crippen LogP contribution in [0.1, 0.15) is 0 Å². The van der Waals surface area contributed by atoms with Crippen molar-refractivity contribution in [3.63, 3.8) is 0 Å². The highest BCUT2D eigenvalue weighted by Gasteiger charge is 2.23. The summed E-state index contributed by atoms with van der Waals surface area (Å²) in [5.41, 5.74) is 5.48. The Kier molecular flexibility index (Phi) is 2.57. The van der Waals surface area contributed by atoms with Gasteiger partial charge in [-0.05, 0) is 65.3 Å². The van der Waals surface area contributed by atoms with Crippen LogP contribution in [-0.2, 0) is 0 Å². The van der Waals surface area contributed by atoms with E-state index < -0.39 is 0 Å². The molecule has 0 amide bonds. The SMILES string of the molecule is c1cc2c3c(cccc3c1)-c1c-2ccc2c1ccc1ccc3ccccc3c12. The third-order valence-electron chi connectivity index (χ3n) is 6.37. The van der Waals surface area contributed by atoms with E-state index in [1.165, 1.54) is 65.3 Å². The molecule has 6 aromatic carbocycles. The van der Waals surface area contributed by atoms with Crippen LogP contribution in [0, 0.1) is 0 Å². The summed E-state index contributed by atoms with van der Waals surface area (Å²) in [5.74, 6) is 0. The molecule has 0 saturated heterocycles. The monoisotopic (exact) mass is 352 g/mol. The zero-order chi connectivity index (χ0) is 18.2. The molecular formula is C28H16. The van der Waals surface area contributed by atoms with Crippen LogP contribution in [0.3, 0.4) is 0 Å². The average Bonchev–Trinajstić information content (AvgIpc) is 3.09. The molecule has 0 heterocycles. The van der Waals surface area contributed by atoms with Gasteiger partial charge >= 0.3 is 0 Å². The first-order valence-electron chi connectivity index (χ1n) is 9.80. The molecular weight excluding hydrogens is 336 g/mol. The molecule has 0 heteroatoms. The lowest BCUT2D eigenvalue weighted by atomic mass is 9.91. The van der Waals surface area contributed by atoms with Crippen molar-refractivity contribution in [1.29, 1.82) is 0 Å². The predicted molar refractivity (Wildman–Crippen MR) is 121 cm³/mol. The highest BCUT2D eigenvalue weighted by molar-refractivity contribution is 6.27. The molecule has 0 aromatic heterocycles. The van der Waals surface area contributed by atoms with E-state index in [1.54, 1.807) is 0 Å². The standard InChI is InChI=1S/C28H16/c1-2-8-20-17(5-1)11-12-19-13-14-23-22(26(19)20)15-16-24-21-9-3-6-18-7-4-10-25(27(18)21)28(23)24/h1-16H. The molecule has 128 valence electrons. The number of hydrogen-bond donors (Lipinski definition) is 0. The Morgan fingerprint density at radius 3 is 1.93 bits per heavy atom. The number of fused-ring (bicyclic) bond motifs is 9. The van der Waals surface area contributed by atoms with Gasteiger partial charge in [0.1, 0.15) is 0 Å². The van der Waals surface area contributed by atoms with Crippen LogP contribution >= 0.6 is 0 Å². The maximum atomic E-state index is 2.33. The van der Waals surface area contributed by atoms with Gasteiger partial charge in [-0.2, -0.15) is 0 Å². The molecule has 0 unspecified atom stereocenters. The van der Waals surface area contributed by atoms with Crippen molar-refractivity contribution < 1.29 is 0 Å². The van der Waals surface area contributed by atoms with Crippen molar-refractivity contribution in [2.24, 2.45) is 0 Å². The van der Waals surface area contributed by atoms with Crippen molar-refractivity contribution in [2.75, 3.05) is 0 Å². The minimum atomic E-state index is 1.30. The largest absolute Gasteiger partial charge is 0.0616 e. The van der Waals surface area contributed by atoms with Crippen molar-refractivity contribution in [3.05, 3.63) is 97.1 Å². The average molecular weight is 352 g/mol. The summed E-state index contributed by atoms with van der Waals surface area (Å²) in [5, 5.41) is 10.7. The summed E-state index contributed by atoms with van der Waals surface area (Å²) >= 11 is 0. The van der Waals surface area contributed by atoms with Gasteiger partial charge in [-0.25, -0.2) is 0 Å². The van der Waals surface area contributed by atoms with Gasteiger partial charge in [-0.1, -0.05) is 97.1 Å². The lowest BCUT2D eigenvalue weighted by molar-refractivity contribution is 1.75. The fourth-order valence-electron chi connectivity index (χ4n) is 5.20. The predicted octanol–water partition coefficient (Wildman–Crippen LogP) is 7.95. The first kappa shape index (κ1) is 14.4. The van der Waals surface area contributed by atoms with E-state index in [9.17, 15) is 0 Å².